The van der Waals surface area contributed by atoms with Gasteiger partial charge in [-0.15, -0.1) is 0 Å². The summed E-state index contributed by atoms with van der Waals surface area (Å²) in [6.45, 7) is 3.03. The second-order valence-corrected chi connectivity index (χ2v) is 5.49. The average molecular weight is 222 g/mol. The second-order valence-electron chi connectivity index (χ2n) is 2.06. The third-order valence-electron chi connectivity index (χ3n) is 0.694. The highest BCUT2D eigenvalue weighted by atomic mass is 79.9. The van der Waals surface area contributed by atoms with Gasteiger partial charge in [-0.05, 0) is 29.8 Å². The van der Waals surface area contributed by atoms with Crippen LogP contribution in [-0.4, -0.2) is 14.0 Å². The topological polar surface area (TPSA) is 20.2 Å². The highest BCUT2D eigenvalue weighted by Gasteiger charge is 2.37. The first kappa shape index (κ1) is 9.02. The molecule has 50 valence electrons. The van der Waals surface area contributed by atoms with Crippen molar-refractivity contribution in [3.63, 3.8) is 0 Å². The quantitative estimate of drug-likeness (QED) is 0.674. The molecule has 1 N–H and O–H groups in total. The lowest BCUT2D eigenvalue weighted by Gasteiger charge is -2.26. The fraction of sp³-hybridized carbons (Fsp3) is 1.00. The zero-order valence-electron chi connectivity index (χ0n) is 4.58. The van der Waals surface area contributed by atoms with Gasteiger partial charge in [0.25, 0.3) is 0 Å². The highest BCUT2D eigenvalue weighted by Crippen LogP contribution is 2.39. The van der Waals surface area contributed by atoms with Gasteiger partial charge in [0.1, 0.15) is 5.60 Å². The van der Waals surface area contributed by atoms with E-state index in [1.54, 1.807) is 0 Å². The minimum atomic E-state index is -1.25. The summed E-state index contributed by atoms with van der Waals surface area (Å²) in [5.41, 5.74) is -1.11. The SMILES string of the molecule is CC(C)(O)C(Cl)(Cl)Br. The van der Waals surface area contributed by atoms with Crippen LogP contribution in [-0.2, 0) is 0 Å². The van der Waals surface area contributed by atoms with Gasteiger partial charge >= 0.3 is 0 Å². The third kappa shape index (κ3) is 2.53. The lowest BCUT2D eigenvalue weighted by atomic mass is 10.2. The number of alkyl halides is 3. The molecule has 0 fully saturated rings. The first-order valence-electron chi connectivity index (χ1n) is 2.04. The van der Waals surface area contributed by atoms with Crippen molar-refractivity contribution in [1.82, 2.24) is 0 Å². The van der Waals surface area contributed by atoms with Crippen LogP contribution in [0.5, 0.6) is 0 Å². The van der Waals surface area contributed by atoms with E-state index in [1.165, 1.54) is 13.8 Å². The Bertz CT molecular complexity index is 69.0. The summed E-state index contributed by atoms with van der Waals surface area (Å²) < 4.78 is -1.25. The van der Waals surface area contributed by atoms with Crippen molar-refractivity contribution >= 4 is 39.1 Å². The minimum absolute atomic E-state index is 1.11. The van der Waals surface area contributed by atoms with Crippen LogP contribution < -0.4 is 0 Å². The predicted octanol–water partition coefficient (Wildman–Crippen LogP) is 2.28. The van der Waals surface area contributed by atoms with Crippen molar-refractivity contribution in [2.24, 2.45) is 0 Å². The van der Waals surface area contributed by atoms with Crippen LogP contribution in [0.2, 0.25) is 0 Å². The van der Waals surface area contributed by atoms with E-state index in [9.17, 15) is 0 Å². The third-order valence-corrected chi connectivity index (χ3v) is 2.59. The van der Waals surface area contributed by atoms with Crippen molar-refractivity contribution in [1.29, 1.82) is 0 Å². The summed E-state index contributed by atoms with van der Waals surface area (Å²) in [6, 6.07) is 0. The predicted molar refractivity (Wildman–Crippen MR) is 39.7 cm³/mol. The molecule has 0 unspecified atom stereocenters. The zero-order chi connectivity index (χ0) is 7.00. The van der Waals surface area contributed by atoms with Crippen LogP contribution in [0.4, 0.5) is 0 Å². The molecule has 4 heteroatoms. The summed E-state index contributed by atoms with van der Waals surface area (Å²) in [5, 5.41) is 9.04. The van der Waals surface area contributed by atoms with Crippen LogP contribution in [0.3, 0.4) is 0 Å². The Morgan fingerprint density at radius 1 is 1.38 bits per heavy atom. The summed E-state index contributed by atoms with van der Waals surface area (Å²) in [7, 11) is 0. The Hall–Kier alpha value is 1.02. The number of rotatable bonds is 1. The number of hydrogen-bond acceptors (Lipinski definition) is 1. The highest BCUT2D eigenvalue weighted by molar-refractivity contribution is 9.11. The van der Waals surface area contributed by atoms with Crippen LogP contribution in [0, 0.1) is 0 Å². The number of aliphatic hydroxyl groups is 1. The van der Waals surface area contributed by atoms with E-state index < -0.39 is 8.84 Å². The van der Waals surface area contributed by atoms with Gasteiger partial charge in [-0.25, -0.2) is 0 Å². The first-order chi connectivity index (χ1) is 3.25. The number of halogens is 3. The molecule has 0 aromatic carbocycles. The summed E-state index contributed by atoms with van der Waals surface area (Å²) in [4.78, 5) is 0. The lowest BCUT2D eigenvalue weighted by molar-refractivity contribution is 0.0885. The molecule has 0 heterocycles. The lowest BCUT2D eigenvalue weighted by Crippen LogP contribution is -2.35. The van der Waals surface area contributed by atoms with Gasteiger partial charge < -0.3 is 5.11 Å². The fourth-order valence-corrected chi connectivity index (χ4v) is 0. The molecule has 0 aliphatic heterocycles. The van der Waals surface area contributed by atoms with Crippen LogP contribution in [0.1, 0.15) is 13.8 Å². The minimum Gasteiger partial charge on any atom is -0.386 e. The van der Waals surface area contributed by atoms with E-state index in [-0.39, 0.29) is 0 Å². The molecule has 0 saturated carbocycles. The molecule has 1 nitrogen and oxygen atoms in total. The van der Waals surface area contributed by atoms with Crippen molar-refractivity contribution in [2.45, 2.75) is 22.7 Å². The summed E-state index contributed by atoms with van der Waals surface area (Å²) in [6.07, 6.45) is 0. The molecule has 0 rings (SSSR count). The fourth-order valence-electron chi connectivity index (χ4n) is 0. The monoisotopic (exact) mass is 220 g/mol. The molecule has 0 atom stereocenters. The summed E-state index contributed by atoms with van der Waals surface area (Å²) in [5.74, 6) is 0. The van der Waals surface area contributed by atoms with Gasteiger partial charge in [0.15, 0.2) is 3.24 Å². The van der Waals surface area contributed by atoms with Crippen LogP contribution >= 0.6 is 39.1 Å². The molecule has 8 heavy (non-hydrogen) atoms. The first-order valence-corrected chi connectivity index (χ1v) is 3.59. The van der Waals surface area contributed by atoms with Crippen molar-refractivity contribution in [2.75, 3.05) is 0 Å². The maximum atomic E-state index is 9.04. The van der Waals surface area contributed by atoms with Gasteiger partial charge in [-0.3, -0.25) is 0 Å². The second kappa shape index (κ2) is 2.33. The maximum absolute atomic E-state index is 9.04. The van der Waals surface area contributed by atoms with Gasteiger partial charge in [0, 0.05) is 0 Å². The van der Waals surface area contributed by atoms with E-state index >= 15 is 0 Å². The molecule has 0 aliphatic rings. The molecule has 0 spiro atoms. The van der Waals surface area contributed by atoms with Crippen molar-refractivity contribution in [3.8, 4) is 0 Å². The molecule has 0 bridgehead atoms. The average Bonchev–Trinajstić information content (AvgIpc) is 1.25. The van der Waals surface area contributed by atoms with E-state index in [0.717, 1.165) is 0 Å². The normalized spacial score (nSPS) is 14.2. The molecule has 0 aromatic heterocycles. The van der Waals surface area contributed by atoms with E-state index in [1.807, 2.05) is 0 Å². The molecular formula is C4H7BrCl2O. The summed E-state index contributed by atoms with van der Waals surface area (Å²) >= 11 is 13.8. The molecule has 0 radical (unpaired) electrons. The van der Waals surface area contributed by atoms with E-state index in [0.29, 0.717) is 0 Å². The Balaban J connectivity index is 4.02. The zero-order valence-corrected chi connectivity index (χ0v) is 7.68. The smallest absolute Gasteiger partial charge is 0.199 e. The van der Waals surface area contributed by atoms with Crippen LogP contribution in [0.15, 0.2) is 0 Å². The Labute approximate surface area is 67.1 Å². The van der Waals surface area contributed by atoms with Gasteiger partial charge in [0.2, 0.25) is 0 Å². The molecule has 0 amide bonds. The van der Waals surface area contributed by atoms with Crippen molar-refractivity contribution < 1.29 is 5.11 Å². The maximum Gasteiger partial charge on any atom is 0.199 e. The molecule has 0 aliphatic carbocycles. The van der Waals surface area contributed by atoms with Gasteiger partial charge in [-0.2, -0.15) is 0 Å². The molecule has 0 aromatic rings. The van der Waals surface area contributed by atoms with Gasteiger partial charge in [-0.1, -0.05) is 23.2 Å². The Morgan fingerprint density at radius 2 is 1.50 bits per heavy atom. The molecule has 0 saturated heterocycles. The van der Waals surface area contributed by atoms with Crippen molar-refractivity contribution in [3.05, 3.63) is 0 Å². The molecular weight excluding hydrogens is 215 g/mol. The Morgan fingerprint density at radius 3 is 1.50 bits per heavy atom. The Kier molecular flexibility index (Phi) is 2.63. The van der Waals surface area contributed by atoms with E-state index in [2.05, 4.69) is 15.9 Å². The van der Waals surface area contributed by atoms with Gasteiger partial charge in [0.05, 0.1) is 0 Å². The number of hydrogen-bond donors (Lipinski definition) is 1. The van der Waals surface area contributed by atoms with Crippen LogP contribution in [0.25, 0.3) is 0 Å². The standard InChI is InChI=1S/C4H7BrCl2O/c1-3(2,8)4(5,6)7/h8H,1-2H3. The largest absolute Gasteiger partial charge is 0.386 e. The van der Waals surface area contributed by atoms with E-state index in [4.69, 9.17) is 28.3 Å².